The van der Waals surface area contributed by atoms with Crippen molar-refractivity contribution in [1.29, 1.82) is 0 Å². The van der Waals surface area contributed by atoms with Crippen LogP contribution in [0.2, 0.25) is 0 Å². The highest BCUT2D eigenvalue weighted by atomic mass is 15.2. The Labute approximate surface area is 124 Å². The lowest BCUT2D eigenvalue weighted by Crippen LogP contribution is -2.42. The van der Waals surface area contributed by atoms with E-state index in [1.54, 1.807) is 0 Å². The van der Waals surface area contributed by atoms with Crippen LogP contribution in [0, 0.1) is 0 Å². The Hall–Kier alpha value is -0.900. The number of benzene rings is 1. The van der Waals surface area contributed by atoms with Gasteiger partial charge in [0.2, 0.25) is 0 Å². The van der Waals surface area contributed by atoms with Crippen molar-refractivity contribution >= 4 is 0 Å². The second-order valence-corrected chi connectivity index (χ2v) is 6.06. The smallest absolute Gasteiger partial charge is 0.0329 e. The highest BCUT2D eigenvalue weighted by Gasteiger charge is 2.21. The number of nitrogens with one attached hydrogen (secondary N) is 1. The third-order valence-corrected chi connectivity index (χ3v) is 4.63. The summed E-state index contributed by atoms with van der Waals surface area (Å²) in [4.78, 5) is 4.99. The van der Waals surface area contributed by atoms with E-state index < -0.39 is 0 Å². The van der Waals surface area contributed by atoms with Crippen molar-refractivity contribution < 1.29 is 0 Å². The molecule has 1 aliphatic heterocycles. The fourth-order valence-electron chi connectivity index (χ4n) is 3.11. The molecule has 1 N–H and O–H groups in total. The standard InChI is InChI=1S/C17H29N3/c1-18-17(15-7-5-4-6-8-15)11-14-20(3)16-9-12-19(2)13-10-16/h4-8,16-18H,9-14H2,1-3H3. The van der Waals surface area contributed by atoms with Crippen molar-refractivity contribution in [2.75, 3.05) is 40.8 Å². The van der Waals surface area contributed by atoms with Gasteiger partial charge >= 0.3 is 0 Å². The largest absolute Gasteiger partial charge is 0.313 e. The number of nitrogens with zero attached hydrogens (tertiary/aromatic N) is 2. The third-order valence-electron chi connectivity index (χ3n) is 4.63. The van der Waals surface area contributed by atoms with E-state index >= 15 is 0 Å². The van der Waals surface area contributed by atoms with Gasteiger partial charge in [0.05, 0.1) is 0 Å². The molecule has 0 spiro atoms. The predicted molar refractivity (Wildman–Crippen MR) is 86.0 cm³/mol. The Kier molecular flexibility index (Phi) is 6.02. The van der Waals surface area contributed by atoms with Crippen molar-refractivity contribution in [3.8, 4) is 0 Å². The molecule has 0 saturated carbocycles. The molecule has 0 aromatic heterocycles. The van der Waals surface area contributed by atoms with Crippen LogP contribution in [0.3, 0.4) is 0 Å². The van der Waals surface area contributed by atoms with E-state index in [2.05, 4.69) is 66.6 Å². The van der Waals surface area contributed by atoms with Crippen molar-refractivity contribution in [3.05, 3.63) is 35.9 Å². The zero-order valence-electron chi connectivity index (χ0n) is 13.2. The van der Waals surface area contributed by atoms with Gasteiger partial charge in [0.15, 0.2) is 0 Å². The molecule has 1 aromatic rings. The van der Waals surface area contributed by atoms with Gasteiger partial charge in [0.1, 0.15) is 0 Å². The second-order valence-electron chi connectivity index (χ2n) is 6.06. The molecule has 112 valence electrons. The summed E-state index contributed by atoms with van der Waals surface area (Å²) >= 11 is 0. The van der Waals surface area contributed by atoms with Gasteiger partial charge in [0, 0.05) is 12.1 Å². The molecule has 3 nitrogen and oxygen atoms in total. The van der Waals surface area contributed by atoms with Crippen LogP contribution in [0.15, 0.2) is 30.3 Å². The lowest BCUT2D eigenvalue weighted by molar-refractivity contribution is 0.140. The van der Waals surface area contributed by atoms with Gasteiger partial charge in [0.25, 0.3) is 0 Å². The molecule has 0 radical (unpaired) electrons. The molecule has 1 heterocycles. The van der Waals surface area contributed by atoms with E-state index in [1.165, 1.54) is 37.9 Å². The fraction of sp³-hybridized carbons (Fsp3) is 0.647. The van der Waals surface area contributed by atoms with Gasteiger partial charge in [-0.1, -0.05) is 30.3 Å². The van der Waals surface area contributed by atoms with Crippen LogP contribution in [-0.4, -0.2) is 56.6 Å². The first-order valence-electron chi connectivity index (χ1n) is 7.81. The summed E-state index contributed by atoms with van der Waals surface area (Å²) < 4.78 is 0. The molecule has 2 rings (SSSR count). The monoisotopic (exact) mass is 275 g/mol. The summed E-state index contributed by atoms with van der Waals surface area (Å²) in [6.07, 6.45) is 3.79. The van der Waals surface area contributed by atoms with Gasteiger partial charge in [-0.05, 0) is 65.6 Å². The summed E-state index contributed by atoms with van der Waals surface area (Å²) in [5.74, 6) is 0. The number of rotatable bonds is 6. The first-order chi connectivity index (χ1) is 9.70. The fourth-order valence-corrected chi connectivity index (χ4v) is 3.11. The molecule has 3 heteroatoms. The van der Waals surface area contributed by atoms with Gasteiger partial charge in [-0.15, -0.1) is 0 Å². The minimum Gasteiger partial charge on any atom is -0.313 e. The Bertz CT molecular complexity index is 371. The molecule has 1 aromatic carbocycles. The van der Waals surface area contributed by atoms with E-state index in [9.17, 15) is 0 Å². The van der Waals surface area contributed by atoms with Crippen molar-refractivity contribution in [3.63, 3.8) is 0 Å². The number of hydrogen-bond donors (Lipinski definition) is 1. The molecule has 1 unspecified atom stereocenters. The summed E-state index contributed by atoms with van der Waals surface area (Å²) in [6.45, 7) is 3.64. The molecular formula is C17H29N3. The average molecular weight is 275 g/mol. The van der Waals surface area contributed by atoms with Gasteiger partial charge in [-0.2, -0.15) is 0 Å². The van der Waals surface area contributed by atoms with Gasteiger partial charge in [-0.25, -0.2) is 0 Å². The molecule has 20 heavy (non-hydrogen) atoms. The maximum atomic E-state index is 3.45. The SMILES string of the molecule is CNC(CCN(C)C1CCN(C)CC1)c1ccccc1. The second kappa shape index (κ2) is 7.77. The highest BCUT2D eigenvalue weighted by Crippen LogP contribution is 2.19. The van der Waals surface area contributed by atoms with Crippen molar-refractivity contribution in [2.24, 2.45) is 0 Å². The van der Waals surface area contributed by atoms with Gasteiger partial charge < -0.3 is 15.1 Å². The lowest BCUT2D eigenvalue weighted by Gasteiger charge is -2.35. The van der Waals surface area contributed by atoms with Crippen LogP contribution in [0.25, 0.3) is 0 Å². The maximum Gasteiger partial charge on any atom is 0.0329 e. The van der Waals surface area contributed by atoms with Crippen LogP contribution >= 0.6 is 0 Å². The summed E-state index contributed by atoms with van der Waals surface area (Å²) in [6, 6.07) is 12.0. The van der Waals surface area contributed by atoms with E-state index in [0.29, 0.717) is 6.04 Å². The number of hydrogen-bond acceptors (Lipinski definition) is 3. The molecule has 1 aliphatic rings. The minimum absolute atomic E-state index is 0.463. The Morgan fingerprint density at radius 3 is 2.50 bits per heavy atom. The predicted octanol–water partition coefficient (Wildman–Crippen LogP) is 2.36. The average Bonchev–Trinajstić information content (AvgIpc) is 2.49. The molecule has 1 fully saturated rings. The zero-order chi connectivity index (χ0) is 14.4. The highest BCUT2D eigenvalue weighted by molar-refractivity contribution is 5.18. The first kappa shape index (κ1) is 15.5. The van der Waals surface area contributed by atoms with E-state index in [1.807, 2.05) is 0 Å². The van der Waals surface area contributed by atoms with Crippen molar-refractivity contribution in [2.45, 2.75) is 31.3 Å². The van der Waals surface area contributed by atoms with Gasteiger partial charge in [-0.3, -0.25) is 0 Å². The van der Waals surface area contributed by atoms with Crippen LogP contribution in [0.4, 0.5) is 0 Å². The quantitative estimate of drug-likeness (QED) is 0.860. The van der Waals surface area contributed by atoms with Crippen molar-refractivity contribution in [1.82, 2.24) is 15.1 Å². The van der Waals surface area contributed by atoms with E-state index in [4.69, 9.17) is 0 Å². The molecule has 1 saturated heterocycles. The molecular weight excluding hydrogens is 246 g/mol. The van der Waals surface area contributed by atoms with Crippen LogP contribution < -0.4 is 5.32 Å². The topological polar surface area (TPSA) is 18.5 Å². The summed E-state index contributed by atoms with van der Waals surface area (Å²) in [5.41, 5.74) is 1.40. The Morgan fingerprint density at radius 1 is 1.25 bits per heavy atom. The Morgan fingerprint density at radius 2 is 1.90 bits per heavy atom. The van der Waals surface area contributed by atoms with E-state index in [0.717, 1.165) is 12.6 Å². The molecule has 0 bridgehead atoms. The third kappa shape index (κ3) is 4.30. The summed E-state index contributed by atoms with van der Waals surface area (Å²) in [7, 11) is 6.57. The van der Waals surface area contributed by atoms with Crippen LogP contribution in [0.1, 0.15) is 30.9 Å². The normalized spacial score (nSPS) is 19.4. The number of piperidine rings is 1. The van der Waals surface area contributed by atoms with Crippen LogP contribution in [-0.2, 0) is 0 Å². The summed E-state index contributed by atoms with van der Waals surface area (Å²) in [5, 5.41) is 3.45. The minimum atomic E-state index is 0.463. The number of likely N-dealkylation sites (tertiary alicyclic amines) is 1. The first-order valence-corrected chi connectivity index (χ1v) is 7.81. The van der Waals surface area contributed by atoms with Crippen LogP contribution in [0.5, 0.6) is 0 Å². The zero-order valence-corrected chi connectivity index (χ0v) is 13.2. The lowest BCUT2D eigenvalue weighted by atomic mass is 10.0. The molecule has 1 atom stereocenters. The Balaban J connectivity index is 1.81. The molecule has 0 amide bonds. The van der Waals surface area contributed by atoms with E-state index in [-0.39, 0.29) is 0 Å². The maximum absolute atomic E-state index is 3.45. The molecule has 0 aliphatic carbocycles.